The van der Waals surface area contributed by atoms with E-state index in [1.54, 1.807) is 0 Å². The van der Waals surface area contributed by atoms with E-state index in [-0.39, 0.29) is 6.10 Å². The van der Waals surface area contributed by atoms with Crippen LogP contribution in [0.2, 0.25) is 0 Å². The predicted octanol–water partition coefficient (Wildman–Crippen LogP) is 6.21. The van der Waals surface area contributed by atoms with E-state index < -0.39 is 0 Å². The summed E-state index contributed by atoms with van der Waals surface area (Å²) < 4.78 is 0. The molecule has 32 heavy (non-hydrogen) atoms. The summed E-state index contributed by atoms with van der Waals surface area (Å²) in [7, 11) is 5.11. The third-order valence-corrected chi connectivity index (χ3v) is 5.51. The topological polar surface area (TPSA) is 43.7 Å². The van der Waals surface area contributed by atoms with E-state index in [4.69, 9.17) is 5.11 Å². The van der Waals surface area contributed by atoms with Gasteiger partial charge in [-0.2, -0.15) is 0 Å². The summed E-state index contributed by atoms with van der Waals surface area (Å²) in [6, 6.07) is 18.9. The summed E-state index contributed by atoms with van der Waals surface area (Å²) in [4.78, 5) is 2.11. The maximum absolute atomic E-state index is 9.88. The van der Waals surface area contributed by atoms with Crippen molar-refractivity contribution in [3.8, 4) is 0 Å². The molecule has 0 spiro atoms. The zero-order valence-corrected chi connectivity index (χ0v) is 20.5. The standard InChI is InChI=1S/C16H22O.C12H17N.CH4O/c17-16(13-11-15-8-4-5-9-15)12-10-14-6-2-1-3-7-14;1-10(2)8-11-6-5-7-12(9-11)13(3)4;1-2/h1-3,6-7,11,13,15-17H,4-5,8-10,12H2;5-7,9H,1,8H2,2-4H3;2H,1H3/b13-11+;;/t16-;;/m1../s1. The molecular formula is C29H43NO2. The normalized spacial score (nSPS) is 14.2. The molecule has 2 aromatic rings. The van der Waals surface area contributed by atoms with Gasteiger partial charge in [0.25, 0.3) is 0 Å². The number of nitrogens with zero attached hydrogens (tertiary/aromatic N) is 1. The summed E-state index contributed by atoms with van der Waals surface area (Å²) in [6.45, 7) is 5.97. The largest absolute Gasteiger partial charge is 0.400 e. The van der Waals surface area contributed by atoms with E-state index in [9.17, 15) is 5.11 Å². The van der Waals surface area contributed by atoms with Gasteiger partial charge in [0.2, 0.25) is 0 Å². The predicted molar refractivity (Wildman–Crippen MR) is 139 cm³/mol. The van der Waals surface area contributed by atoms with Crippen LogP contribution in [-0.4, -0.2) is 37.5 Å². The molecule has 2 N–H and O–H groups in total. The van der Waals surface area contributed by atoms with Gasteiger partial charge >= 0.3 is 0 Å². The highest BCUT2D eigenvalue weighted by atomic mass is 16.3. The highest BCUT2D eigenvalue weighted by Crippen LogP contribution is 2.25. The zero-order chi connectivity index (χ0) is 23.8. The first-order chi connectivity index (χ1) is 15.4. The lowest BCUT2D eigenvalue weighted by atomic mass is 10.0. The molecule has 3 nitrogen and oxygen atoms in total. The highest BCUT2D eigenvalue weighted by molar-refractivity contribution is 5.47. The fraction of sp³-hybridized carbons (Fsp3) is 0.448. The fourth-order valence-electron chi connectivity index (χ4n) is 3.78. The van der Waals surface area contributed by atoms with Gasteiger partial charge in [-0.25, -0.2) is 0 Å². The van der Waals surface area contributed by atoms with E-state index in [0.717, 1.165) is 32.3 Å². The second-order valence-electron chi connectivity index (χ2n) is 8.72. The number of rotatable bonds is 8. The molecule has 0 saturated heterocycles. The Bertz CT molecular complexity index is 777. The van der Waals surface area contributed by atoms with Crippen LogP contribution in [0.1, 0.15) is 50.2 Å². The Morgan fingerprint density at radius 2 is 1.66 bits per heavy atom. The molecular weight excluding hydrogens is 394 g/mol. The Balaban J connectivity index is 0.000000307. The summed E-state index contributed by atoms with van der Waals surface area (Å²) >= 11 is 0. The SMILES string of the molecule is C=C(C)Cc1cccc(N(C)C)c1.CO.O[C@@H](/C=C/C1CCCC1)CCc1ccccc1. The van der Waals surface area contributed by atoms with Crippen molar-refractivity contribution in [1.82, 2.24) is 0 Å². The lowest BCUT2D eigenvalue weighted by Gasteiger charge is -2.13. The number of hydrogen-bond acceptors (Lipinski definition) is 3. The van der Waals surface area contributed by atoms with Crippen LogP contribution in [-0.2, 0) is 12.8 Å². The molecule has 0 amide bonds. The first kappa shape index (κ1) is 27.7. The minimum Gasteiger partial charge on any atom is -0.400 e. The molecule has 1 atom stereocenters. The Morgan fingerprint density at radius 3 is 2.25 bits per heavy atom. The van der Waals surface area contributed by atoms with Gasteiger partial charge in [0.1, 0.15) is 0 Å². The number of hydrogen-bond donors (Lipinski definition) is 2. The molecule has 1 aliphatic carbocycles. The van der Waals surface area contributed by atoms with Crippen molar-refractivity contribution < 1.29 is 10.2 Å². The van der Waals surface area contributed by atoms with Gasteiger partial charge in [-0.3, -0.25) is 0 Å². The molecule has 0 aliphatic heterocycles. The lowest BCUT2D eigenvalue weighted by molar-refractivity contribution is 0.212. The number of aliphatic hydroxyl groups is 2. The molecule has 0 heterocycles. The van der Waals surface area contributed by atoms with Crippen LogP contribution in [0.25, 0.3) is 0 Å². The molecule has 1 saturated carbocycles. The van der Waals surface area contributed by atoms with Crippen molar-refractivity contribution in [2.75, 3.05) is 26.1 Å². The number of benzene rings is 2. The Labute approximate surface area is 196 Å². The Hall–Kier alpha value is -2.36. The van der Waals surface area contributed by atoms with E-state index in [0.29, 0.717) is 0 Å². The fourth-order valence-corrected chi connectivity index (χ4v) is 3.78. The summed E-state index contributed by atoms with van der Waals surface area (Å²) in [6.07, 6.45) is 12.0. The number of aliphatic hydroxyl groups excluding tert-OH is 2. The van der Waals surface area contributed by atoms with Crippen molar-refractivity contribution in [3.05, 3.63) is 90.0 Å². The van der Waals surface area contributed by atoms with Crippen LogP contribution >= 0.6 is 0 Å². The van der Waals surface area contributed by atoms with Crippen LogP contribution in [0.5, 0.6) is 0 Å². The molecule has 1 aliphatic rings. The molecule has 1 fully saturated rings. The molecule has 3 rings (SSSR count). The van der Waals surface area contributed by atoms with Crippen LogP contribution in [0.15, 0.2) is 78.9 Å². The molecule has 0 bridgehead atoms. The van der Waals surface area contributed by atoms with Crippen molar-refractivity contribution in [2.45, 2.75) is 58.0 Å². The first-order valence-corrected chi connectivity index (χ1v) is 11.7. The molecule has 3 heteroatoms. The average Bonchev–Trinajstić information content (AvgIpc) is 3.32. The van der Waals surface area contributed by atoms with Crippen LogP contribution in [0, 0.1) is 5.92 Å². The van der Waals surface area contributed by atoms with Gasteiger partial charge in [0.05, 0.1) is 6.10 Å². The van der Waals surface area contributed by atoms with Gasteiger partial charge in [0.15, 0.2) is 0 Å². The monoisotopic (exact) mass is 437 g/mol. The van der Waals surface area contributed by atoms with Gasteiger partial charge in [-0.1, -0.05) is 79.6 Å². The number of allylic oxidation sites excluding steroid dienone is 2. The van der Waals surface area contributed by atoms with Crippen LogP contribution < -0.4 is 4.90 Å². The summed E-state index contributed by atoms with van der Waals surface area (Å²) in [5, 5.41) is 16.9. The van der Waals surface area contributed by atoms with E-state index >= 15 is 0 Å². The zero-order valence-electron chi connectivity index (χ0n) is 20.5. The lowest BCUT2D eigenvalue weighted by Crippen LogP contribution is -2.08. The molecule has 0 radical (unpaired) electrons. The van der Waals surface area contributed by atoms with Crippen molar-refractivity contribution in [2.24, 2.45) is 5.92 Å². The summed E-state index contributed by atoms with van der Waals surface area (Å²) in [5.41, 5.74) is 5.09. The first-order valence-electron chi connectivity index (χ1n) is 11.7. The second-order valence-corrected chi connectivity index (χ2v) is 8.72. The summed E-state index contributed by atoms with van der Waals surface area (Å²) in [5.74, 6) is 0.723. The maximum atomic E-state index is 9.88. The molecule has 2 aromatic carbocycles. The minimum atomic E-state index is -0.282. The molecule has 176 valence electrons. The second kappa shape index (κ2) is 16.3. The van der Waals surface area contributed by atoms with Crippen molar-refractivity contribution in [1.29, 1.82) is 0 Å². The molecule has 0 unspecified atom stereocenters. The third kappa shape index (κ3) is 11.9. The highest BCUT2D eigenvalue weighted by Gasteiger charge is 2.11. The van der Waals surface area contributed by atoms with E-state index in [1.165, 1.54) is 48.1 Å². The van der Waals surface area contributed by atoms with Crippen molar-refractivity contribution in [3.63, 3.8) is 0 Å². The average molecular weight is 438 g/mol. The van der Waals surface area contributed by atoms with Gasteiger partial charge in [0, 0.05) is 26.9 Å². The number of aryl methyl sites for hydroxylation is 1. The van der Waals surface area contributed by atoms with Crippen LogP contribution in [0.3, 0.4) is 0 Å². The molecule has 0 aromatic heterocycles. The van der Waals surface area contributed by atoms with Gasteiger partial charge in [-0.05, 0) is 68.2 Å². The quantitative estimate of drug-likeness (QED) is 0.483. The van der Waals surface area contributed by atoms with E-state index in [2.05, 4.69) is 87.1 Å². The maximum Gasteiger partial charge on any atom is 0.0724 e. The van der Waals surface area contributed by atoms with Gasteiger partial charge < -0.3 is 15.1 Å². The Morgan fingerprint density at radius 1 is 1.03 bits per heavy atom. The van der Waals surface area contributed by atoms with Crippen LogP contribution in [0.4, 0.5) is 5.69 Å². The smallest absolute Gasteiger partial charge is 0.0724 e. The van der Waals surface area contributed by atoms with Crippen molar-refractivity contribution >= 4 is 5.69 Å². The Kier molecular flexibility index (Phi) is 14.1. The van der Waals surface area contributed by atoms with Gasteiger partial charge in [-0.15, -0.1) is 0 Å². The minimum absolute atomic E-state index is 0.282. The number of anilines is 1. The third-order valence-electron chi connectivity index (χ3n) is 5.51. The van der Waals surface area contributed by atoms with E-state index in [1.807, 2.05) is 12.1 Å².